The number of nitrogens with one attached hydrogen (secondary N) is 1. The fourth-order valence-electron chi connectivity index (χ4n) is 2.32. The van der Waals surface area contributed by atoms with Gasteiger partial charge in [0, 0.05) is 17.7 Å². The van der Waals surface area contributed by atoms with E-state index in [2.05, 4.69) is 5.32 Å². The molecule has 1 aromatic carbocycles. The van der Waals surface area contributed by atoms with Crippen molar-refractivity contribution in [2.24, 2.45) is 0 Å². The third-order valence-corrected chi connectivity index (χ3v) is 3.69. The maximum atomic E-state index is 11.2. The topological polar surface area (TPSA) is 106 Å². The Labute approximate surface area is 139 Å². The minimum absolute atomic E-state index is 0.0208. The maximum absolute atomic E-state index is 11.2. The van der Waals surface area contributed by atoms with Crippen LogP contribution in [0.3, 0.4) is 0 Å². The fraction of sp³-hybridized carbons (Fsp3) is 0.353. The maximum Gasteiger partial charge on any atom is 0.320 e. The molecular formula is C17H20N2O5. The van der Waals surface area contributed by atoms with Gasteiger partial charge in [0.25, 0.3) is 5.69 Å². The highest BCUT2D eigenvalue weighted by molar-refractivity contribution is 5.73. The van der Waals surface area contributed by atoms with Crippen molar-refractivity contribution in [1.82, 2.24) is 5.32 Å². The van der Waals surface area contributed by atoms with Crippen LogP contribution in [0.15, 0.2) is 40.8 Å². The van der Waals surface area contributed by atoms with Crippen LogP contribution in [0.2, 0.25) is 0 Å². The summed E-state index contributed by atoms with van der Waals surface area (Å²) in [6.07, 6.45) is 2.36. The standard InChI is InChI=1S/C17H20N2O5/c1-2-3-4-15(17(20)21)18-11-14-9-10-16(24-14)12-5-7-13(8-6-12)19(22)23/h5-10,15,18H,2-4,11H2,1H3,(H,20,21)/t15-/m0/s1. The number of hydrogen-bond donors (Lipinski definition) is 2. The summed E-state index contributed by atoms with van der Waals surface area (Å²) in [7, 11) is 0. The number of unbranched alkanes of at least 4 members (excludes halogenated alkanes) is 1. The van der Waals surface area contributed by atoms with E-state index >= 15 is 0 Å². The SMILES string of the molecule is CCCC[C@H](NCc1ccc(-c2ccc([N+](=O)[O-])cc2)o1)C(=O)O. The Kier molecular flexibility index (Phi) is 6.08. The molecule has 0 aliphatic carbocycles. The molecule has 0 amide bonds. The average Bonchev–Trinajstić information content (AvgIpc) is 3.03. The lowest BCUT2D eigenvalue weighted by molar-refractivity contribution is -0.384. The van der Waals surface area contributed by atoms with E-state index in [1.165, 1.54) is 12.1 Å². The van der Waals surface area contributed by atoms with Gasteiger partial charge < -0.3 is 9.52 Å². The van der Waals surface area contributed by atoms with Crippen LogP contribution in [0.25, 0.3) is 11.3 Å². The Morgan fingerprint density at radius 3 is 2.58 bits per heavy atom. The van der Waals surface area contributed by atoms with Crippen LogP contribution in [0.4, 0.5) is 5.69 Å². The van der Waals surface area contributed by atoms with Gasteiger partial charge in [0.15, 0.2) is 0 Å². The Morgan fingerprint density at radius 1 is 1.29 bits per heavy atom. The van der Waals surface area contributed by atoms with Gasteiger partial charge in [-0.1, -0.05) is 19.8 Å². The number of aliphatic carboxylic acids is 1. The molecular weight excluding hydrogens is 312 g/mol. The molecule has 0 aliphatic heterocycles. The van der Waals surface area contributed by atoms with E-state index in [0.717, 1.165) is 18.4 Å². The van der Waals surface area contributed by atoms with Gasteiger partial charge in [0.1, 0.15) is 17.6 Å². The van der Waals surface area contributed by atoms with E-state index < -0.39 is 16.9 Å². The number of benzene rings is 1. The molecule has 2 rings (SSSR count). The van der Waals surface area contributed by atoms with Crippen molar-refractivity contribution >= 4 is 11.7 Å². The normalized spacial score (nSPS) is 12.0. The van der Waals surface area contributed by atoms with Gasteiger partial charge in [0.2, 0.25) is 0 Å². The first-order valence-electron chi connectivity index (χ1n) is 7.81. The first-order chi connectivity index (χ1) is 11.5. The zero-order chi connectivity index (χ0) is 17.5. The lowest BCUT2D eigenvalue weighted by Crippen LogP contribution is -2.36. The highest BCUT2D eigenvalue weighted by atomic mass is 16.6. The number of carboxylic acid groups (broad SMARTS) is 1. The molecule has 0 fully saturated rings. The minimum Gasteiger partial charge on any atom is -0.480 e. The molecule has 7 nitrogen and oxygen atoms in total. The Morgan fingerprint density at radius 2 is 2.00 bits per heavy atom. The van der Waals surface area contributed by atoms with Crippen LogP contribution in [0.5, 0.6) is 0 Å². The first kappa shape index (κ1) is 17.7. The number of rotatable bonds is 9. The Hall–Kier alpha value is -2.67. The summed E-state index contributed by atoms with van der Waals surface area (Å²) in [6.45, 7) is 2.33. The molecule has 1 aromatic heterocycles. The van der Waals surface area contributed by atoms with Crippen LogP contribution in [-0.2, 0) is 11.3 Å². The van der Waals surface area contributed by atoms with Gasteiger partial charge in [-0.05, 0) is 30.7 Å². The van der Waals surface area contributed by atoms with Crippen LogP contribution in [-0.4, -0.2) is 22.0 Å². The summed E-state index contributed by atoms with van der Waals surface area (Å²) in [5, 5.41) is 22.8. The lowest BCUT2D eigenvalue weighted by Gasteiger charge is -2.12. The summed E-state index contributed by atoms with van der Waals surface area (Å²) < 4.78 is 5.68. The second-order valence-corrected chi connectivity index (χ2v) is 5.48. The van der Waals surface area contributed by atoms with Gasteiger partial charge in [-0.25, -0.2) is 0 Å². The van der Waals surface area contributed by atoms with Crippen molar-refractivity contribution in [3.05, 3.63) is 52.3 Å². The number of furan rings is 1. The van der Waals surface area contributed by atoms with Crippen molar-refractivity contribution < 1.29 is 19.2 Å². The van der Waals surface area contributed by atoms with Crippen molar-refractivity contribution in [2.45, 2.75) is 38.8 Å². The van der Waals surface area contributed by atoms with E-state index in [9.17, 15) is 20.0 Å². The molecule has 2 aromatic rings. The Balaban J connectivity index is 1.99. The number of hydrogen-bond acceptors (Lipinski definition) is 5. The molecule has 0 spiro atoms. The predicted molar refractivity (Wildman–Crippen MR) is 88.6 cm³/mol. The van der Waals surface area contributed by atoms with Crippen LogP contribution >= 0.6 is 0 Å². The molecule has 1 atom stereocenters. The molecule has 0 radical (unpaired) electrons. The van der Waals surface area contributed by atoms with Crippen molar-refractivity contribution in [3.8, 4) is 11.3 Å². The molecule has 0 aliphatic rings. The third-order valence-electron chi connectivity index (χ3n) is 3.69. The van der Waals surface area contributed by atoms with Crippen molar-refractivity contribution in [1.29, 1.82) is 0 Å². The van der Waals surface area contributed by atoms with Crippen LogP contribution in [0.1, 0.15) is 31.9 Å². The minimum atomic E-state index is -0.870. The number of non-ortho nitro benzene ring substituents is 1. The number of nitro benzene ring substituents is 1. The molecule has 24 heavy (non-hydrogen) atoms. The second kappa shape index (κ2) is 8.26. The molecule has 0 saturated heterocycles. The number of carboxylic acids is 1. The van der Waals surface area contributed by atoms with Crippen LogP contribution < -0.4 is 5.32 Å². The van der Waals surface area contributed by atoms with Gasteiger partial charge in [-0.2, -0.15) is 0 Å². The molecule has 128 valence electrons. The molecule has 1 heterocycles. The number of carbonyl (C=O) groups is 1. The average molecular weight is 332 g/mol. The molecule has 7 heteroatoms. The van der Waals surface area contributed by atoms with Crippen molar-refractivity contribution in [2.75, 3.05) is 0 Å². The van der Waals surface area contributed by atoms with Crippen LogP contribution in [0, 0.1) is 10.1 Å². The van der Waals surface area contributed by atoms with Gasteiger partial charge in [-0.3, -0.25) is 20.2 Å². The Bertz CT molecular complexity index is 693. The summed E-state index contributed by atoms with van der Waals surface area (Å²) in [5.41, 5.74) is 0.750. The summed E-state index contributed by atoms with van der Waals surface area (Å²) in [6, 6.07) is 9.01. The highest BCUT2D eigenvalue weighted by Gasteiger charge is 2.16. The third kappa shape index (κ3) is 4.66. The fourth-order valence-corrected chi connectivity index (χ4v) is 2.32. The first-order valence-corrected chi connectivity index (χ1v) is 7.81. The quantitative estimate of drug-likeness (QED) is 0.537. The largest absolute Gasteiger partial charge is 0.480 e. The van der Waals surface area contributed by atoms with E-state index in [1.54, 1.807) is 24.3 Å². The number of nitro groups is 1. The van der Waals surface area contributed by atoms with Gasteiger partial charge >= 0.3 is 5.97 Å². The molecule has 0 bridgehead atoms. The monoisotopic (exact) mass is 332 g/mol. The summed E-state index contributed by atoms with van der Waals surface area (Å²) in [4.78, 5) is 21.4. The molecule has 0 saturated carbocycles. The second-order valence-electron chi connectivity index (χ2n) is 5.48. The van der Waals surface area contributed by atoms with Gasteiger partial charge in [0.05, 0.1) is 11.5 Å². The zero-order valence-electron chi connectivity index (χ0n) is 13.4. The van der Waals surface area contributed by atoms with E-state index in [0.29, 0.717) is 24.5 Å². The zero-order valence-corrected chi connectivity index (χ0v) is 13.4. The van der Waals surface area contributed by atoms with E-state index in [1.807, 2.05) is 6.92 Å². The van der Waals surface area contributed by atoms with Gasteiger partial charge in [-0.15, -0.1) is 0 Å². The van der Waals surface area contributed by atoms with E-state index in [-0.39, 0.29) is 5.69 Å². The summed E-state index contributed by atoms with van der Waals surface area (Å²) in [5.74, 6) is 0.332. The molecule has 2 N–H and O–H groups in total. The predicted octanol–water partition coefficient (Wildman–Crippen LogP) is 3.59. The molecule has 0 unspecified atom stereocenters. The van der Waals surface area contributed by atoms with E-state index in [4.69, 9.17) is 4.42 Å². The lowest BCUT2D eigenvalue weighted by atomic mass is 10.1. The number of nitrogens with zero attached hydrogens (tertiary/aromatic N) is 1. The smallest absolute Gasteiger partial charge is 0.320 e. The highest BCUT2D eigenvalue weighted by Crippen LogP contribution is 2.24. The van der Waals surface area contributed by atoms with Crippen molar-refractivity contribution in [3.63, 3.8) is 0 Å². The summed E-state index contributed by atoms with van der Waals surface area (Å²) >= 11 is 0.